The number of thiophene rings is 1. The molecular formula is C28H35FN6O6S. The van der Waals surface area contributed by atoms with E-state index < -0.39 is 22.6 Å². The number of fused-ring (bicyclic) bond motifs is 1. The van der Waals surface area contributed by atoms with E-state index in [9.17, 15) is 18.8 Å². The van der Waals surface area contributed by atoms with Gasteiger partial charge in [-0.3, -0.25) is 14.2 Å². The molecule has 3 aromatic heterocycles. The molecule has 0 aliphatic carbocycles. The van der Waals surface area contributed by atoms with Gasteiger partial charge in [0.1, 0.15) is 26.9 Å². The lowest BCUT2D eigenvalue weighted by molar-refractivity contribution is -0.142. The Kier molecular flexibility index (Phi) is 9.59. The molecule has 1 saturated heterocycles. The average Bonchev–Trinajstić information content (AvgIpc) is 3.61. The van der Waals surface area contributed by atoms with Crippen molar-refractivity contribution in [1.82, 2.24) is 29.0 Å². The fourth-order valence-corrected chi connectivity index (χ4v) is 6.47. The number of benzene rings is 1. The zero-order chi connectivity index (χ0) is 30.6. The van der Waals surface area contributed by atoms with E-state index in [0.717, 1.165) is 4.57 Å². The molecule has 1 unspecified atom stereocenters. The number of likely N-dealkylation sites (tertiary alicyclic amines) is 1. The highest BCUT2D eigenvalue weighted by Gasteiger charge is 2.43. The van der Waals surface area contributed by atoms with Crippen LogP contribution >= 0.6 is 11.3 Å². The van der Waals surface area contributed by atoms with Crippen molar-refractivity contribution >= 4 is 27.5 Å². The molecule has 4 heterocycles. The monoisotopic (exact) mass is 602 g/mol. The van der Waals surface area contributed by atoms with E-state index in [1.54, 1.807) is 32.9 Å². The number of rotatable bonds is 8. The van der Waals surface area contributed by atoms with Crippen LogP contribution in [-0.2, 0) is 28.0 Å². The van der Waals surface area contributed by atoms with Gasteiger partial charge in [-0.25, -0.2) is 13.8 Å². The highest BCUT2D eigenvalue weighted by molar-refractivity contribution is 7.21. The van der Waals surface area contributed by atoms with E-state index in [4.69, 9.17) is 9.84 Å². The first kappa shape index (κ1) is 31.1. The molecule has 1 atom stereocenters. The van der Waals surface area contributed by atoms with Crippen molar-refractivity contribution in [1.29, 1.82) is 0 Å². The molecule has 1 fully saturated rings. The number of piperidine rings is 1. The van der Waals surface area contributed by atoms with Crippen LogP contribution in [-0.4, -0.2) is 81.1 Å². The Balaban J connectivity index is 0.000000748. The fraction of sp³-hybridized carbons (Fsp3) is 0.464. The standard InChI is InChI=1S/C25H27FN6O4S.C3H8O2/c1-15-19-20(33)31(25(2)9-5-12-29(3)23(25)34)24(35)30(22(19)37-21(15)32-27-10-11-28-32)13-8-16-14-17(26)6-7-18(16)36-4;1-5-3-2-4/h6-7,10-11,14H,5,8-9,12-13H2,1-4H3;4H,2-3H2,1H3. The molecule has 1 amide bonds. The van der Waals surface area contributed by atoms with Crippen molar-refractivity contribution < 1.29 is 23.8 Å². The third-order valence-electron chi connectivity index (χ3n) is 7.39. The van der Waals surface area contributed by atoms with Crippen molar-refractivity contribution in [2.24, 2.45) is 0 Å². The molecule has 0 bridgehead atoms. The lowest BCUT2D eigenvalue weighted by Gasteiger charge is -2.38. The first-order chi connectivity index (χ1) is 20.1. The van der Waals surface area contributed by atoms with E-state index >= 15 is 0 Å². The van der Waals surface area contributed by atoms with Gasteiger partial charge >= 0.3 is 5.69 Å². The van der Waals surface area contributed by atoms with Gasteiger partial charge in [-0.1, -0.05) is 11.3 Å². The van der Waals surface area contributed by atoms with E-state index in [0.29, 0.717) is 58.1 Å². The van der Waals surface area contributed by atoms with Gasteiger partial charge in [-0.05, 0) is 56.9 Å². The summed E-state index contributed by atoms with van der Waals surface area (Å²) in [5.74, 6) is -0.197. The van der Waals surface area contributed by atoms with E-state index in [1.807, 2.05) is 0 Å². The van der Waals surface area contributed by atoms with Crippen LogP contribution in [0.1, 0.15) is 30.9 Å². The van der Waals surface area contributed by atoms with Crippen LogP contribution < -0.4 is 16.0 Å². The predicted octanol–water partition coefficient (Wildman–Crippen LogP) is 2.10. The number of nitrogens with zero attached hydrogens (tertiary/aromatic N) is 6. The summed E-state index contributed by atoms with van der Waals surface area (Å²) in [7, 11) is 4.73. The summed E-state index contributed by atoms with van der Waals surface area (Å²) in [4.78, 5) is 44.7. The number of methoxy groups -OCH3 is 2. The molecule has 1 aromatic carbocycles. The van der Waals surface area contributed by atoms with Crippen molar-refractivity contribution in [2.45, 2.75) is 45.2 Å². The molecule has 1 aliphatic heterocycles. The molecule has 1 aliphatic rings. The lowest BCUT2D eigenvalue weighted by atomic mass is 9.89. The van der Waals surface area contributed by atoms with Crippen molar-refractivity contribution in [3.63, 3.8) is 0 Å². The average molecular weight is 603 g/mol. The molecule has 5 rings (SSSR count). The lowest BCUT2D eigenvalue weighted by Crippen LogP contribution is -2.59. The normalized spacial score (nSPS) is 16.9. The van der Waals surface area contributed by atoms with Gasteiger partial charge in [0.2, 0.25) is 5.91 Å². The smallest absolute Gasteiger partial charge is 0.333 e. The molecule has 226 valence electrons. The number of carbonyl (C=O) groups is 1. The predicted molar refractivity (Wildman–Crippen MR) is 156 cm³/mol. The maximum Gasteiger partial charge on any atom is 0.333 e. The van der Waals surface area contributed by atoms with Gasteiger partial charge in [0.15, 0.2) is 0 Å². The minimum atomic E-state index is -1.33. The third-order valence-corrected chi connectivity index (χ3v) is 8.67. The zero-order valence-electron chi connectivity index (χ0n) is 24.3. The van der Waals surface area contributed by atoms with Gasteiger partial charge < -0.3 is 19.5 Å². The summed E-state index contributed by atoms with van der Waals surface area (Å²) in [6.07, 6.45) is 4.36. The summed E-state index contributed by atoms with van der Waals surface area (Å²) in [6.45, 7) is 4.70. The number of hydrogen-bond acceptors (Lipinski definition) is 9. The van der Waals surface area contributed by atoms with Crippen LogP contribution in [0.2, 0.25) is 0 Å². The Labute approximate surface area is 245 Å². The molecule has 0 spiro atoms. The number of carbonyl (C=O) groups excluding carboxylic acids is 1. The zero-order valence-corrected chi connectivity index (χ0v) is 25.1. The van der Waals surface area contributed by atoms with Gasteiger partial charge in [0, 0.05) is 32.8 Å². The van der Waals surface area contributed by atoms with E-state index in [-0.39, 0.29) is 25.5 Å². The summed E-state index contributed by atoms with van der Waals surface area (Å²) in [5, 5.41) is 17.3. The topological polar surface area (TPSA) is 134 Å². The third kappa shape index (κ3) is 5.74. The SMILES string of the molecule is COCCO.COc1ccc(F)cc1CCn1c(=O)n(C2(C)CCCN(C)C2=O)c(=O)c2c(C)c(-n3nccn3)sc21. The minimum Gasteiger partial charge on any atom is -0.496 e. The molecule has 12 nitrogen and oxygen atoms in total. The van der Waals surface area contributed by atoms with Crippen LogP contribution in [0, 0.1) is 12.7 Å². The van der Waals surface area contributed by atoms with Crippen molar-refractivity contribution in [3.05, 3.63) is 68.4 Å². The molecule has 0 radical (unpaired) electrons. The highest BCUT2D eigenvalue weighted by atomic mass is 32.1. The van der Waals surface area contributed by atoms with Crippen molar-refractivity contribution in [2.75, 3.05) is 41.0 Å². The first-order valence-corrected chi connectivity index (χ1v) is 14.2. The quantitative estimate of drug-likeness (QED) is 0.324. The summed E-state index contributed by atoms with van der Waals surface area (Å²) in [6, 6.07) is 4.22. The number of aliphatic hydroxyl groups is 1. The molecule has 14 heteroatoms. The summed E-state index contributed by atoms with van der Waals surface area (Å²) < 4.78 is 26.4. The summed E-state index contributed by atoms with van der Waals surface area (Å²) >= 11 is 1.23. The van der Waals surface area contributed by atoms with Gasteiger partial charge in [0.25, 0.3) is 5.56 Å². The largest absolute Gasteiger partial charge is 0.496 e. The Hall–Kier alpha value is -3.88. The number of halogens is 1. The molecule has 4 aromatic rings. The Morgan fingerprint density at radius 1 is 1.17 bits per heavy atom. The fourth-order valence-electron chi connectivity index (χ4n) is 5.23. The number of hydrogen-bond donors (Lipinski definition) is 1. The highest BCUT2D eigenvalue weighted by Crippen LogP contribution is 2.33. The summed E-state index contributed by atoms with van der Waals surface area (Å²) in [5.41, 5.74) is -1.22. The number of aliphatic hydroxyl groups excluding tert-OH is 1. The first-order valence-electron chi connectivity index (χ1n) is 13.4. The van der Waals surface area contributed by atoms with E-state index in [2.05, 4.69) is 14.9 Å². The van der Waals surface area contributed by atoms with Crippen LogP contribution in [0.25, 0.3) is 15.2 Å². The number of aromatic nitrogens is 5. The number of likely N-dealkylation sites (N-methyl/N-ethyl adjacent to an activating group) is 1. The van der Waals surface area contributed by atoms with Crippen LogP contribution in [0.15, 0.2) is 40.2 Å². The number of amides is 1. The second-order valence-corrected chi connectivity index (χ2v) is 11.1. The Morgan fingerprint density at radius 2 is 1.88 bits per heavy atom. The number of aryl methyl sites for hydroxylation is 3. The van der Waals surface area contributed by atoms with Crippen LogP contribution in [0.5, 0.6) is 5.75 Å². The molecule has 1 N–H and O–H groups in total. The van der Waals surface area contributed by atoms with Gasteiger partial charge in [-0.15, -0.1) is 4.80 Å². The van der Waals surface area contributed by atoms with Gasteiger partial charge in [-0.2, -0.15) is 10.2 Å². The van der Waals surface area contributed by atoms with Gasteiger partial charge in [0.05, 0.1) is 38.1 Å². The molecule has 0 saturated carbocycles. The Morgan fingerprint density at radius 3 is 2.50 bits per heavy atom. The second kappa shape index (κ2) is 13.0. The maximum absolute atomic E-state index is 14.0. The minimum absolute atomic E-state index is 0.122. The van der Waals surface area contributed by atoms with E-state index in [1.165, 1.54) is 58.4 Å². The van der Waals surface area contributed by atoms with Crippen LogP contribution in [0.4, 0.5) is 4.39 Å². The van der Waals surface area contributed by atoms with Crippen LogP contribution in [0.3, 0.4) is 0 Å². The maximum atomic E-state index is 14.0. The van der Waals surface area contributed by atoms with Crippen molar-refractivity contribution in [3.8, 4) is 10.8 Å². The molecule has 42 heavy (non-hydrogen) atoms. The molecular weight excluding hydrogens is 567 g/mol. The Bertz CT molecular complexity index is 1680. The number of ether oxygens (including phenoxy) is 2. The second-order valence-electron chi connectivity index (χ2n) is 10.1.